The van der Waals surface area contributed by atoms with E-state index in [0.29, 0.717) is 31.7 Å². The summed E-state index contributed by atoms with van der Waals surface area (Å²) in [5.41, 5.74) is 1.77. The SMILES string of the molecule is O=C(Cc1ccccc1)NC1C(=O)N2C(C(=O)O)=C(COC(=O)Nc3cccc4nc(C5=N[C@@H](C(=O)O)CS5)sc34)CSC12. The third-order valence-corrected chi connectivity index (χ3v) is 10.6. The molecule has 226 valence electrons. The van der Waals surface area contributed by atoms with Crippen LogP contribution in [-0.4, -0.2) is 90.6 Å². The van der Waals surface area contributed by atoms with Crippen molar-refractivity contribution in [3.05, 3.63) is 70.4 Å². The molecular weight excluding hydrogens is 631 g/mol. The van der Waals surface area contributed by atoms with Gasteiger partial charge in [0.05, 0.1) is 22.3 Å². The van der Waals surface area contributed by atoms with Crippen LogP contribution >= 0.6 is 34.9 Å². The van der Waals surface area contributed by atoms with E-state index in [9.17, 15) is 34.2 Å². The van der Waals surface area contributed by atoms with Gasteiger partial charge < -0.3 is 20.3 Å². The van der Waals surface area contributed by atoms with Gasteiger partial charge in [-0.2, -0.15) is 0 Å². The maximum absolute atomic E-state index is 12.9. The van der Waals surface area contributed by atoms with Crippen molar-refractivity contribution in [1.82, 2.24) is 15.2 Å². The lowest BCUT2D eigenvalue weighted by atomic mass is 10.0. The first kappa shape index (κ1) is 29.7. The number of carbonyl (C=O) groups excluding carboxylic acids is 3. The molecule has 3 amide bonds. The second-order valence-corrected chi connectivity index (χ2v) is 13.0. The summed E-state index contributed by atoms with van der Waals surface area (Å²) >= 11 is 3.83. The Hall–Kier alpha value is -4.41. The summed E-state index contributed by atoms with van der Waals surface area (Å²) < 4.78 is 6.00. The number of aliphatic imine (C=N–C) groups is 1. The first-order valence-electron chi connectivity index (χ1n) is 13.2. The average molecular weight is 654 g/mol. The minimum atomic E-state index is -1.34. The third kappa shape index (κ3) is 5.87. The second-order valence-electron chi connectivity index (χ2n) is 9.85. The molecule has 1 saturated heterocycles. The summed E-state index contributed by atoms with van der Waals surface area (Å²) in [5.74, 6) is -2.73. The number of β-lactam (4-membered cyclic amide) rings is 1. The minimum Gasteiger partial charge on any atom is -0.480 e. The van der Waals surface area contributed by atoms with Crippen LogP contribution in [0.2, 0.25) is 0 Å². The van der Waals surface area contributed by atoms with Gasteiger partial charge in [-0.25, -0.2) is 19.4 Å². The first-order chi connectivity index (χ1) is 21.2. The van der Waals surface area contributed by atoms with Gasteiger partial charge in [0, 0.05) is 17.1 Å². The number of thioether (sulfide) groups is 2. The molecule has 2 aromatic carbocycles. The number of hydrogen-bond donors (Lipinski definition) is 4. The van der Waals surface area contributed by atoms with E-state index in [0.717, 1.165) is 10.5 Å². The molecule has 6 rings (SSSR count). The fraction of sp³-hybridized carbons (Fsp3) is 0.250. The zero-order valence-corrected chi connectivity index (χ0v) is 25.0. The van der Waals surface area contributed by atoms with Crippen molar-refractivity contribution in [2.45, 2.75) is 23.9 Å². The molecule has 3 aliphatic heterocycles. The highest BCUT2D eigenvalue weighted by Crippen LogP contribution is 2.40. The molecule has 0 spiro atoms. The number of benzene rings is 2. The molecular formula is C28H23N5O8S3. The number of aromatic nitrogens is 1. The molecule has 2 unspecified atom stereocenters. The second kappa shape index (κ2) is 12.3. The minimum absolute atomic E-state index is 0.0906. The third-order valence-electron chi connectivity index (χ3n) is 6.92. The van der Waals surface area contributed by atoms with Crippen molar-refractivity contribution in [2.24, 2.45) is 4.99 Å². The highest BCUT2D eigenvalue weighted by atomic mass is 32.2. The predicted octanol–water partition coefficient (Wildman–Crippen LogP) is 2.77. The van der Waals surface area contributed by atoms with Gasteiger partial charge >= 0.3 is 18.0 Å². The van der Waals surface area contributed by atoms with Crippen LogP contribution in [0.1, 0.15) is 10.6 Å². The summed E-state index contributed by atoms with van der Waals surface area (Å²) in [4.78, 5) is 71.5. The zero-order chi connectivity index (χ0) is 31.0. The number of fused-ring (bicyclic) bond motifs is 2. The van der Waals surface area contributed by atoms with E-state index >= 15 is 0 Å². The molecule has 16 heteroatoms. The van der Waals surface area contributed by atoms with E-state index in [-0.39, 0.29) is 36.0 Å². The molecule has 3 atom stereocenters. The highest BCUT2D eigenvalue weighted by molar-refractivity contribution is 8.15. The van der Waals surface area contributed by atoms with Crippen LogP contribution in [0.15, 0.2) is 64.8 Å². The van der Waals surface area contributed by atoms with Crippen molar-refractivity contribution < 1.29 is 38.9 Å². The maximum atomic E-state index is 12.9. The van der Waals surface area contributed by atoms with E-state index in [2.05, 4.69) is 20.6 Å². The Morgan fingerprint density at radius 1 is 1.07 bits per heavy atom. The number of carboxylic acids is 2. The number of aliphatic carboxylic acids is 2. The van der Waals surface area contributed by atoms with Crippen LogP contribution in [-0.2, 0) is 30.3 Å². The molecule has 3 aliphatic rings. The number of thiazole rings is 1. The van der Waals surface area contributed by atoms with Crippen LogP contribution in [0.5, 0.6) is 0 Å². The molecule has 3 aromatic rings. The van der Waals surface area contributed by atoms with E-state index in [1.165, 1.54) is 34.9 Å². The summed E-state index contributed by atoms with van der Waals surface area (Å²) in [5, 5.41) is 25.0. The molecule has 0 bridgehead atoms. The zero-order valence-electron chi connectivity index (χ0n) is 22.6. The van der Waals surface area contributed by atoms with E-state index < -0.39 is 41.4 Å². The quantitative estimate of drug-likeness (QED) is 0.249. The Bertz CT molecular complexity index is 1760. The van der Waals surface area contributed by atoms with Gasteiger partial charge in [-0.15, -0.1) is 34.9 Å². The fourth-order valence-electron chi connectivity index (χ4n) is 4.86. The van der Waals surface area contributed by atoms with Gasteiger partial charge in [-0.1, -0.05) is 36.4 Å². The number of amides is 3. The van der Waals surface area contributed by atoms with Gasteiger partial charge in [0.25, 0.3) is 5.91 Å². The van der Waals surface area contributed by atoms with Crippen molar-refractivity contribution in [3.8, 4) is 0 Å². The number of hydrogen-bond acceptors (Lipinski definition) is 11. The van der Waals surface area contributed by atoms with Crippen LogP contribution in [0, 0.1) is 0 Å². The summed E-state index contributed by atoms with van der Waals surface area (Å²) in [7, 11) is 0. The van der Waals surface area contributed by atoms with Crippen LogP contribution in [0.3, 0.4) is 0 Å². The Labute approximate surface area is 261 Å². The fourth-order valence-corrected chi connectivity index (χ4v) is 8.31. The highest BCUT2D eigenvalue weighted by Gasteiger charge is 2.54. The lowest BCUT2D eigenvalue weighted by molar-refractivity contribution is -0.150. The predicted molar refractivity (Wildman–Crippen MR) is 165 cm³/mol. The lowest BCUT2D eigenvalue weighted by Gasteiger charge is -2.49. The maximum Gasteiger partial charge on any atom is 0.411 e. The van der Waals surface area contributed by atoms with Crippen molar-refractivity contribution in [2.75, 3.05) is 23.4 Å². The standard InChI is InChI=1S/C28H23N5O8S3/c34-18(9-13-5-2-1-3-6-13)32-19-24(35)33-20(27(38)39)14(11-43-25(19)33)10-41-28(40)31-16-8-4-7-15-21(16)44-23(29-15)22-30-17(12-42-22)26(36)37/h1-8,17,19,25H,9-12H2,(H,31,40)(H,32,34)(H,36,37)(H,38,39)/t17-,19?,25?/m1/s1. The number of nitrogens with one attached hydrogen (secondary N) is 2. The number of carbonyl (C=O) groups is 5. The van der Waals surface area contributed by atoms with Crippen molar-refractivity contribution >= 4 is 85.7 Å². The molecule has 1 fully saturated rings. The number of carboxylic acid groups (broad SMARTS) is 2. The first-order valence-corrected chi connectivity index (χ1v) is 16.0. The van der Waals surface area contributed by atoms with Crippen LogP contribution in [0.25, 0.3) is 10.2 Å². The van der Waals surface area contributed by atoms with Gasteiger partial charge in [-0.3, -0.25) is 24.8 Å². The Morgan fingerprint density at radius 3 is 2.59 bits per heavy atom. The lowest BCUT2D eigenvalue weighted by Crippen LogP contribution is -2.70. The van der Waals surface area contributed by atoms with Crippen LogP contribution in [0.4, 0.5) is 10.5 Å². The number of nitrogens with zero attached hydrogens (tertiary/aromatic N) is 3. The smallest absolute Gasteiger partial charge is 0.411 e. The summed E-state index contributed by atoms with van der Waals surface area (Å²) in [6.07, 6.45) is -0.746. The van der Waals surface area contributed by atoms with Crippen LogP contribution < -0.4 is 10.6 Å². The van der Waals surface area contributed by atoms with Crippen molar-refractivity contribution in [1.29, 1.82) is 0 Å². The molecule has 0 radical (unpaired) electrons. The Morgan fingerprint density at radius 2 is 1.86 bits per heavy atom. The Kier molecular flexibility index (Phi) is 8.29. The molecule has 44 heavy (non-hydrogen) atoms. The summed E-state index contributed by atoms with van der Waals surface area (Å²) in [6, 6.07) is 12.5. The average Bonchev–Trinajstić information content (AvgIpc) is 3.67. The molecule has 4 N–H and O–H groups in total. The van der Waals surface area contributed by atoms with E-state index in [4.69, 9.17) is 4.74 Å². The van der Waals surface area contributed by atoms with E-state index in [1.807, 2.05) is 18.2 Å². The van der Waals surface area contributed by atoms with Gasteiger partial charge in [-0.05, 0) is 17.7 Å². The van der Waals surface area contributed by atoms with Gasteiger partial charge in [0.1, 0.15) is 33.8 Å². The molecule has 4 heterocycles. The van der Waals surface area contributed by atoms with Gasteiger partial charge in [0.15, 0.2) is 6.04 Å². The number of anilines is 1. The number of ether oxygens (including phenoxy) is 1. The summed E-state index contributed by atoms with van der Waals surface area (Å²) in [6.45, 7) is -0.365. The Balaban J connectivity index is 1.10. The molecule has 0 aliphatic carbocycles. The topological polar surface area (TPSA) is 188 Å². The largest absolute Gasteiger partial charge is 0.480 e. The molecule has 1 aromatic heterocycles. The number of rotatable bonds is 9. The van der Waals surface area contributed by atoms with Crippen molar-refractivity contribution in [3.63, 3.8) is 0 Å². The van der Waals surface area contributed by atoms with E-state index in [1.54, 1.807) is 30.3 Å². The van der Waals surface area contributed by atoms with Gasteiger partial charge in [0.2, 0.25) is 5.91 Å². The normalized spacial score (nSPS) is 20.9. The monoisotopic (exact) mass is 653 g/mol. The molecule has 0 saturated carbocycles. The molecule has 13 nitrogen and oxygen atoms in total.